The van der Waals surface area contributed by atoms with Crippen LogP contribution in [0, 0.1) is 5.92 Å². The lowest BCUT2D eigenvalue weighted by atomic mass is 9.80. The molecule has 0 atom stereocenters. The maximum Gasteiger partial charge on any atom is 0.259 e. The van der Waals surface area contributed by atoms with Crippen LogP contribution in [-0.2, 0) is 4.79 Å². The summed E-state index contributed by atoms with van der Waals surface area (Å²) < 4.78 is 16.8. The Kier molecular flexibility index (Phi) is 6.16. The molecule has 3 aromatic rings. The van der Waals surface area contributed by atoms with Gasteiger partial charge in [0.25, 0.3) is 5.89 Å². The van der Waals surface area contributed by atoms with Crippen LogP contribution in [0.25, 0.3) is 22.8 Å². The average molecular weight is 462 g/mol. The van der Waals surface area contributed by atoms with Gasteiger partial charge in [-0.25, -0.2) is 4.98 Å². The Morgan fingerprint density at radius 2 is 1.97 bits per heavy atom. The van der Waals surface area contributed by atoms with Gasteiger partial charge in [-0.3, -0.25) is 4.79 Å². The minimum absolute atomic E-state index is 0.0347. The van der Waals surface area contributed by atoms with E-state index in [0.717, 1.165) is 12.8 Å². The van der Waals surface area contributed by atoms with Gasteiger partial charge < -0.3 is 14.0 Å². The number of ether oxygens (including phenoxy) is 2. The molecule has 31 heavy (non-hydrogen) atoms. The van der Waals surface area contributed by atoms with Crippen molar-refractivity contribution in [2.75, 3.05) is 0 Å². The van der Waals surface area contributed by atoms with Gasteiger partial charge in [0.05, 0.1) is 16.7 Å². The van der Waals surface area contributed by atoms with E-state index >= 15 is 0 Å². The number of ketones is 1. The van der Waals surface area contributed by atoms with Crippen molar-refractivity contribution in [1.29, 1.82) is 0 Å². The highest BCUT2D eigenvalue weighted by Crippen LogP contribution is 2.36. The van der Waals surface area contributed by atoms with E-state index in [2.05, 4.69) is 15.1 Å². The molecule has 7 nitrogen and oxygen atoms in total. The highest BCUT2D eigenvalue weighted by Gasteiger charge is 2.34. The Bertz CT molecular complexity index is 1110. The van der Waals surface area contributed by atoms with Crippen molar-refractivity contribution in [2.24, 2.45) is 5.92 Å². The van der Waals surface area contributed by atoms with Gasteiger partial charge in [-0.15, -0.1) is 0 Å². The largest absolute Gasteiger partial charge is 0.490 e. The molecule has 0 bridgehead atoms. The SMILES string of the molecule is CC(=O)[C@H]1C[C@H](Oc2ccc(-c3noc(-c4cnc(OC(C)C)c(Cl)c4)n3)c(Cl)c2)C1. The number of halogens is 2. The standard InChI is InChI=1S/C22H21Cl2N3O4/c1-11(2)29-22-19(24)8-14(10-25-22)21-26-20(27-31-21)17-5-4-15(9-18(17)23)30-16-6-13(7-16)12(3)28/h4-5,8-11,13,16H,6-7H2,1-3H3/t13-,16-. The number of nitrogens with zero attached hydrogens (tertiary/aromatic N) is 3. The average Bonchev–Trinajstić information content (AvgIpc) is 3.15. The van der Waals surface area contributed by atoms with E-state index in [4.69, 9.17) is 37.2 Å². The van der Waals surface area contributed by atoms with Gasteiger partial charge in [-0.05, 0) is 57.9 Å². The van der Waals surface area contributed by atoms with Gasteiger partial charge in [-0.2, -0.15) is 4.98 Å². The maximum atomic E-state index is 11.3. The minimum Gasteiger partial charge on any atom is -0.490 e. The summed E-state index contributed by atoms with van der Waals surface area (Å²) in [6.07, 6.45) is 3.03. The van der Waals surface area contributed by atoms with E-state index in [-0.39, 0.29) is 29.8 Å². The van der Waals surface area contributed by atoms with Crippen molar-refractivity contribution in [3.8, 4) is 34.5 Å². The van der Waals surface area contributed by atoms with Gasteiger partial charge in [-0.1, -0.05) is 28.4 Å². The van der Waals surface area contributed by atoms with E-state index in [9.17, 15) is 4.79 Å². The molecule has 1 fully saturated rings. The molecule has 0 aliphatic heterocycles. The van der Waals surface area contributed by atoms with Gasteiger partial charge in [0, 0.05) is 17.7 Å². The third kappa shape index (κ3) is 4.83. The summed E-state index contributed by atoms with van der Waals surface area (Å²) in [7, 11) is 0. The molecule has 2 heterocycles. The second-order valence-corrected chi connectivity index (χ2v) is 8.58. The van der Waals surface area contributed by atoms with E-state index in [1.807, 2.05) is 13.8 Å². The Labute approximate surface area is 189 Å². The number of benzene rings is 1. The third-order valence-corrected chi connectivity index (χ3v) is 5.57. The van der Waals surface area contributed by atoms with Crippen molar-refractivity contribution in [3.63, 3.8) is 0 Å². The number of hydrogen-bond acceptors (Lipinski definition) is 7. The van der Waals surface area contributed by atoms with Gasteiger partial charge in [0.1, 0.15) is 22.7 Å². The zero-order valence-electron chi connectivity index (χ0n) is 17.3. The van der Waals surface area contributed by atoms with Crippen molar-refractivity contribution in [3.05, 3.63) is 40.5 Å². The first-order valence-electron chi connectivity index (χ1n) is 9.93. The molecule has 0 radical (unpaired) electrons. The number of carbonyl (C=O) groups excluding carboxylic acids is 1. The second kappa shape index (κ2) is 8.85. The van der Waals surface area contributed by atoms with Crippen LogP contribution in [0.15, 0.2) is 35.0 Å². The zero-order valence-corrected chi connectivity index (χ0v) is 18.8. The predicted octanol–water partition coefficient (Wildman–Crippen LogP) is 5.64. The Hall–Kier alpha value is -2.64. The van der Waals surface area contributed by atoms with Gasteiger partial charge in [0.15, 0.2) is 0 Å². The highest BCUT2D eigenvalue weighted by atomic mass is 35.5. The number of Topliss-reactive ketones (excluding diaryl/α,β-unsaturated/α-hetero) is 1. The zero-order chi connectivity index (χ0) is 22.1. The number of hydrogen-bond donors (Lipinski definition) is 0. The molecule has 1 aromatic carbocycles. The van der Waals surface area contributed by atoms with Crippen molar-refractivity contribution >= 4 is 29.0 Å². The van der Waals surface area contributed by atoms with Crippen molar-refractivity contribution in [1.82, 2.24) is 15.1 Å². The molecule has 1 aliphatic rings. The summed E-state index contributed by atoms with van der Waals surface area (Å²) in [6, 6.07) is 6.95. The smallest absolute Gasteiger partial charge is 0.259 e. The Morgan fingerprint density at radius 3 is 2.61 bits per heavy atom. The predicted molar refractivity (Wildman–Crippen MR) is 117 cm³/mol. The van der Waals surface area contributed by atoms with E-state index in [1.165, 1.54) is 0 Å². The minimum atomic E-state index is -0.0418. The first kappa shape index (κ1) is 21.6. The number of aromatic nitrogens is 3. The summed E-state index contributed by atoms with van der Waals surface area (Å²) in [5.74, 6) is 1.90. The van der Waals surface area contributed by atoms with Gasteiger partial charge >= 0.3 is 0 Å². The molecular formula is C22H21Cl2N3O4. The lowest BCUT2D eigenvalue weighted by Gasteiger charge is -2.33. The molecule has 1 aliphatic carbocycles. The number of carbonyl (C=O) groups is 1. The summed E-state index contributed by atoms with van der Waals surface area (Å²) in [6.45, 7) is 5.40. The van der Waals surface area contributed by atoms with Crippen LogP contribution in [0.2, 0.25) is 10.0 Å². The topological polar surface area (TPSA) is 87.3 Å². The fraction of sp³-hybridized carbons (Fsp3) is 0.364. The van der Waals surface area contributed by atoms with Crippen LogP contribution >= 0.6 is 23.2 Å². The maximum absolute atomic E-state index is 11.3. The molecule has 0 N–H and O–H groups in total. The molecule has 0 spiro atoms. The molecule has 0 amide bonds. The van der Waals surface area contributed by atoms with E-state index < -0.39 is 0 Å². The van der Waals surface area contributed by atoms with Crippen LogP contribution in [0.1, 0.15) is 33.6 Å². The Morgan fingerprint density at radius 1 is 1.19 bits per heavy atom. The molecule has 0 saturated heterocycles. The fourth-order valence-corrected chi connectivity index (χ4v) is 3.71. The van der Waals surface area contributed by atoms with Crippen LogP contribution in [0.3, 0.4) is 0 Å². The summed E-state index contributed by atoms with van der Waals surface area (Å²) >= 11 is 12.7. The van der Waals surface area contributed by atoms with Crippen molar-refractivity contribution < 1.29 is 18.8 Å². The molecule has 0 unspecified atom stereocenters. The van der Waals surface area contributed by atoms with Crippen LogP contribution < -0.4 is 9.47 Å². The quantitative estimate of drug-likeness (QED) is 0.449. The Balaban J connectivity index is 1.48. The van der Waals surface area contributed by atoms with Gasteiger partial charge in [0.2, 0.25) is 11.7 Å². The lowest BCUT2D eigenvalue weighted by Crippen LogP contribution is -2.37. The molecule has 162 valence electrons. The third-order valence-electron chi connectivity index (χ3n) is 4.98. The highest BCUT2D eigenvalue weighted by molar-refractivity contribution is 6.33. The lowest BCUT2D eigenvalue weighted by molar-refractivity contribution is -0.126. The normalized spacial score (nSPS) is 18.0. The molecule has 9 heteroatoms. The number of rotatable bonds is 7. The van der Waals surface area contributed by atoms with Crippen LogP contribution in [0.4, 0.5) is 0 Å². The second-order valence-electron chi connectivity index (χ2n) is 7.76. The fourth-order valence-electron chi connectivity index (χ4n) is 3.24. The summed E-state index contributed by atoms with van der Waals surface area (Å²) in [5.41, 5.74) is 1.18. The summed E-state index contributed by atoms with van der Waals surface area (Å²) in [5, 5.41) is 4.81. The van der Waals surface area contributed by atoms with Crippen LogP contribution in [0.5, 0.6) is 11.6 Å². The number of pyridine rings is 1. The first-order chi connectivity index (χ1) is 14.8. The molecule has 2 aromatic heterocycles. The molecular weight excluding hydrogens is 441 g/mol. The van der Waals surface area contributed by atoms with E-state index in [0.29, 0.717) is 38.6 Å². The molecule has 1 saturated carbocycles. The van der Waals surface area contributed by atoms with E-state index in [1.54, 1.807) is 37.4 Å². The van der Waals surface area contributed by atoms with Crippen molar-refractivity contribution in [2.45, 2.75) is 45.8 Å². The van der Waals surface area contributed by atoms with Crippen LogP contribution in [-0.4, -0.2) is 33.1 Å². The first-order valence-corrected chi connectivity index (χ1v) is 10.7. The monoisotopic (exact) mass is 461 g/mol. The molecule has 4 rings (SSSR count). The summed E-state index contributed by atoms with van der Waals surface area (Å²) in [4.78, 5) is 20.0.